The fraction of sp³-hybridized carbons (Fsp3) is 0.0870. The summed E-state index contributed by atoms with van der Waals surface area (Å²) in [6.45, 7) is -0.0483. The molecule has 0 bridgehead atoms. The molecule has 1 aliphatic heterocycles. The van der Waals surface area contributed by atoms with E-state index in [0.717, 1.165) is 11.1 Å². The van der Waals surface area contributed by atoms with Gasteiger partial charge in [0.1, 0.15) is 18.1 Å². The van der Waals surface area contributed by atoms with E-state index in [4.69, 9.17) is 14.2 Å². The molecule has 144 valence electrons. The van der Waals surface area contributed by atoms with Gasteiger partial charge in [0.2, 0.25) is 5.78 Å². The Bertz CT molecular complexity index is 1060. The van der Waals surface area contributed by atoms with E-state index in [1.54, 1.807) is 48.8 Å². The SMILES string of the molecule is O=C(COc1ccc2c(c1)O/C(=C\c1ccncc1)C2=O)OCc1ccccc1. The third-order valence-corrected chi connectivity index (χ3v) is 4.24. The summed E-state index contributed by atoms with van der Waals surface area (Å²) in [5.74, 6) is 0.352. The van der Waals surface area contributed by atoms with Crippen molar-refractivity contribution >= 4 is 17.8 Å². The van der Waals surface area contributed by atoms with Gasteiger partial charge in [0.15, 0.2) is 12.4 Å². The van der Waals surface area contributed by atoms with Gasteiger partial charge in [-0.15, -0.1) is 0 Å². The second-order valence-electron chi connectivity index (χ2n) is 6.31. The summed E-state index contributed by atoms with van der Waals surface area (Å²) in [7, 11) is 0. The van der Waals surface area contributed by atoms with E-state index in [1.807, 2.05) is 30.3 Å². The number of nitrogens with zero attached hydrogens (tertiary/aromatic N) is 1. The van der Waals surface area contributed by atoms with Crippen molar-refractivity contribution < 1.29 is 23.8 Å². The van der Waals surface area contributed by atoms with Crippen molar-refractivity contribution in [1.82, 2.24) is 4.98 Å². The first-order valence-corrected chi connectivity index (χ1v) is 9.00. The molecule has 1 aromatic heterocycles. The molecule has 6 nitrogen and oxygen atoms in total. The monoisotopic (exact) mass is 387 g/mol. The Balaban J connectivity index is 1.36. The molecule has 0 amide bonds. The zero-order chi connectivity index (χ0) is 20.1. The van der Waals surface area contributed by atoms with Crippen molar-refractivity contribution in [2.24, 2.45) is 0 Å². The first-order chi connectivity index (χ1) is 14.2. The van der Waals surface area contributed by atoms with E-state index in [-0.39, 0.29) is 24.8 Å². The molecule has 6 heteroatoms. The van der Waals surface area contributed by atoms with Crippen LogP contribution in [0.25, 0.3) is 6.08 Å². The second-order valence-corrected chi connectivity index (χ2v) is 6.31. The fourth-order valence-corrected chi connectivity index (χ4v) is 2.79. The van der Waals surface area contributed by atoms with Crippen molar-refractivity contribution in [3.05, 3.63) is 95.5 Å². The number of allylic oxidation sites excluding steroid dienone is 1. The Morgan fingerprint density at radius 2 is 1.83 bits per heavy atom. The van der Waals surface area contributed by atoms with Crippen molar-refractivity contribution in [3.8, 4) is 11.5 Å². The van der Waals surface area contributed by atoms with Crippen LogP contribution < -0.4 is 9.47 Å². The number of fused-ring (bicyclic) bond motifs is 1. The highest BCUT2D eigenvalue weighted by atomic mass is 16.6. The highest BCUT2D eigenvalue weighted by Gasteiger charge is 2.27. The number of aromatic nitrogens is 1. The summed E-state index contributed by atoms with van der Waals surface area (Å²) in [6, 6.07) is 17.8. The zero-order valence-electron chi connectivity index (χ0n) is 15.4. The van der Waals surface area contributed by atoms with E-state index in [2.05, 4.69) is 4.98 Å². The normalized spacial score (nSPS) is 13.7. The van der Waals surface area contributed by atoms with E-state index in [1.165, 1.54) is 0 Å². The fourth-order valence-electron chi connectivity index (χ4n) is 2.79. The average molecular weight is 387 g/mol. The van der Waals surface area contributed by atoms with E-state index < -0.39 is 5.97 Å². The molecule has 0 spiro atoms. The predicted octanol–water partition coefficient (Wildman–Crippen LogP) is 3.82. The number of ether oxygens (including phenoxy) is 3. The first kappa shape index (κ1) is 18.4. The van der Waals surface area contributed by atoms with Gasteiger partial charge in [-0.05, 0) is 41.5 Å². The molecule has 29 heavy (non-hydrogen) atoms. The molecule has 0 atom stereocenters. The van der Waals surface area contributed by atoms with Gasteiger partial charge in [-0.1, -0.05) is 30.3 Å². The summed E-state index contributed by atoms with van der Waals surface area (Å²) in [6.07, 6.45) is 4.94. The highest BCUT2D eigenvalue weighted by molar-refractivity contribution is 6.14. The van der Waals surface area contributed by atoms with Crippen LogP contribution in [0, 0.1) is 0 Å². The van der Waals surface area contributed by atoms with Gasteiger partial charge in [-0.2, -0.15) is 0 Å². The van der Waals surface area contributed by atoms with Crippen molar-refractivity contribution in [2.45, 2.75) is 6.61 Å². The number of pyridine rings is 1. The van der Waals surface area contributed by atoms with Gasteiger partial charge in [0.25, 0.3) is 0 Å². The number of carbonyl (C=O) groups is 2. The lowest BCUT2D eigenvalue weighted by Gasteiger charge is -2.08. The topological polar surface area (TPSA) is 74.7 Å². The molecule has 0 radical (unpaired) electrons. The van der Waals surface area contributed by atoms with Crippen LogP contribution in [0.1, 0.15) is 21.5 Å². The molecule has 0 unspecified atom stereocenters. The maximum absolute atomic E-state index is 12.5. The van der Waals surface area contributed by atoms with Crippen LogP contribution in [0.3, 0.4) is 0 Å². The Morgan fingerprint density at radius 1 is 1.03 bits per heavy atom. The smallest absolute Gasteiger partial charge is 0.344 e. The Morgan fingerprint density at radius 3 is 2.62 bits per heavy atom. The summed E-state index contributed by atoms with van der Waals surface area (Å²) in [5.41, 5.74) is 2.16. The standard InChI is InChI=1S/C23H17NO5/c25-22(28-14-17-4-2-1-3-5-17)15-27-18-6-7-19-20(13-18)29-21(23(19)26)12-16-8-10-24-11-9-16/h1-13H,14-15H2/b21-12-. The molecule has 0 fully saturated rings. The zero-order valence-corrected chi connectivity index (χ0v) is 15.4. The molecule has 4 rings (SSSR count). The van der Waals surface area contributed by atoms with Gasteiger partial charge in [-0.3, -0.25) is 9.78 Å². The second kappa shape index (κ2) is 8.39. The van der Waals surface area contributed by atoms with Gasteiger partial charge in [-0.25, -0.2) is 4.79 Å². The van der Waals surface area contributed by atoms with E-state index in [0.29, 0.717) is 17.1 Å². The van der Waals surface area contributed by atoms with Gasteiger partial charge in [0, 0.05) is 18.5 Å². The molecule has 2 heterocycles. The van der Waals surface area contributed by atoms with Crippen LogP contribution in [0.15, 0.2) is 78.8 Å². The van der Waals surface area contributed by atoms with Crippen LogP contribution in [-0.4, -0.2) is 23.3 Å². The molecule has 0 aliphatic carbocycles. The molecule has 0 N–H and O–H groups in total. The molecule has 0 saturated heterocycles. The first-order valence-electron chi connectivity index (χ1n) is 9.00. The van der Waals surface area contributed by atoms with Crippen LogP contribution in [0.5, 0.6) is 11.5 Å². The maximum atomic E-state index is 12.5. The maximum Gasteiger partial charge on any atom is 0.344 e. The largest absolute Gasteiger partial charge is 0.482 e. The number of carbonyl (C=O) groups excluding carboxylic acids is 2. The lowest BCUT2D eigenvalue weighted by atomic mass is 10.1. The Kier molecular flexibility index (Phi) is 5.33. The molecule has 3 aromatic rings. The third-order valence-electron chi connectivity index (χ3n) is 4.24. The number of benzene rings is 2. The minimum absolute atomic E-state index is 0.188. The van der Waals surface area contributed by atoms with Crippen LogP contribution >= 0.6 is 0 Å². The lowest BCUT2D eigenvalue weighted by molar-refractivity contribution is -0.147. The molecule has 0 saturated carbocycles. The lowest BCUT2D eigenvalue weighted by Crippen LogP contribution is -2.14. The summed E-state index contributed by atoms with van der Waals surface area (Å²) in [5, 5.41) is 0. The van der Waals surface area contributed by atoms with Crippen LogP contribution in [0.4, 0.5) is 0 Å². The van der Waals surface area contributed by atoms with Crippen LogP contribution in [0.2, 0.25) is 0 Å². The Labute approximate surface area is 167 Å². The average Bonchev–Trinajstić information content (AvgIpc) is 3.07. The number of hydrogen-bond acceptors (Lipinski definition) is 6. The van der Waals surface area contributed by atoms with E-state index in [9.17, 15) is 9.59 Å². The van der Waals surface area contributed by atoms with E-state index >= 15 is 0 Å². The van der Waals surface area contributed by atoms with Crippen molar-refractivity contribution in [1.29, 1.82) is 0 Å². The summed E-state index contributed by atoms with van der Waals surface area (Å²) < 4.78 is 16.3. The predicted molar refractivity (Wildman–Crippen MR) is 105 cm³/mol. The quantitative estimate of drug-likeness (QED) is 0.473. The number of hydrogen-bond donors (Lipinski definition) is 0. The minimum Gasteiger partial charge on any atom is -0.482 e. The highest BCUT2D eigenvalue weighted by Crippen LogP contribution is 2.34. The number of Topliss-reactive ketones (excluding diaryl/α,β-unsaturated/α-hetero) is 1. The van der Waals surface area contributed by atoms with Gasteiger partial charge >= 0.3 is 5.97 Å². The number of esters is 1. The minimum atomic E-state index is -0.482. The third kappa shape index (κ3) is 4.50. The molecular formula is C23H17NO5. The van der Waals surface area contributed by atoms with Gasteiger partial charge < -0.3 is 14.2 Å². The van der Waals surface area contributed by atoms with Crippen LogP contribution in [-0.2, 0) is 16.1 Å². The molecule has 2 aromatic carbocycles. The summed E-state index contributed by atoms with van der Waals surface area (Å²) >= 11 is 0. The molecule has 1 aliphatic rings. The van der Waals surface area contributed by atoms with Crippen molar-refractivity contribution in [2.75, 3.05) is 6.61 Å². The van der Waals surface area contributed by atoms with Crippen molar-refractivity contribution in [3.63, 3.8) is 0 Å². The number of rotatable bonds is 6. The summed E-state index contributed by atoms with van der Waals surface area (Å²) in [4.78, 5) is 28.3. The number of ketones is 1. The molecular weight excluding hydrogens is 370 g/mol. The van der Waals surface area contributed by atoms with Gasteiger partial charge in [0.05, 0.1) is 5.56 Å². The Hall–Kier alpha value is -3.93.